The molecule has 1 aromatic carbocycles. The summed E-state index contributed by atoms with van der Waals surface area (Å²) in [6, 6.07) is 10.0. The molecule has 19 heavy (non-hydrogen) atoms. The molecule has 0 saturated carbocycles. The summed E-state index contributed by atoms with van der Waals surface area (Å²) in [4.78, 5) is 13.7. The molecule has 0 aliphatic rings. The van der Waals surface area contributed by atoms with E-state index in [1.54, 1.807) is 0 Å². The Labute approximate surface area is 116 Å². The molecule has 0 bridgehead atoms. The topological polar surface area (TPSA) is 58.4 Å². The van der Waals surface area contributed by atoms with E-state index in [1.165, 1.54) is 5.56 Å². The monoisotopic (exact) mass is 263 g/mol. The van der Waals surface area contributed by atoms with Gasteiger partial charge in [0, 0.05) is 13.1 Å². The minimum atomic E-state index is -0.373. The zero-order valence-corrected chi connectivity index (χ0v) is 11.9. The molecule has 4 nitrogen and oxygen atoms in total. The molecule has 1 amide bonds. The number of carbonyl (C=O) groups excluding carboxylic acids is 1. The van der Waals surface area contributed by atoms with Gasteiger partial charge in [-0.05, 0) is 32.0 Å². The first kappa shape index (κ1) is 15.7. The Morgan fingerprint density at radius 3 is 2.68 bits per heavy atom. The van der Waals surface area contributed by atoms with Crippen LogP contribution in [0, 0.1) is 0 Å². The number of hydrogen-bond donors (Lipinski definition) is 2. The Kier molecular flexibility index (Phi) is 7.15. The third-order valence-electron chi connectivity index (χ3n) is 3.09. The second-order valence-electron chi connectivity index (χ2n) is 4.88. The highest BCUT2D eigenvalue weighted by molar-refractivity contribution is 5.81. The largest absolute Gasteiger partial charge is 0.355 e. The van der Waals surface area contributed by atoms with Crippen molar-refractivity contribution in [2.24, 2.45) is 5.73 Å². The fourth-order valence-corrected chi connectivity index (χ4v) is 1.85. The standard InChI is InChI=1S/C15H25N3O/c1-3-14(16)15(19)17-10-7-11-18(2)12-13-8-5-4-6-9-13/h4-6,8-9,14H,3,7,10-12,16H2,1-2H3,(H,17,19). The van der Waals surface area contributed by atoms with E-state index in [9.17, 15) is 4.79 Å². The lowest BCUT2D eigenvalue weighted by molar-refractivity contribution is -0.122. The van der Waals surface area contributed by atoms with Crippen molar-refractivity contribution in [3.8, 4) is 0 Å². The predicted octanol–water partition coefficient (Wildman–Crippen LogP) is 1.36. The summed E-state index contributed by atoms with van der Waals surface area (Å²) in [7, 11) is 2.09. The number of benzene rings is 1. The van der Waals surface area contributed by atoms with Gasteiger partial charge >= 0.3 is 0 Å². The number of carbonyl (C=O) groups is 1. The fraction of sp³-hybridized carbons (Fsp3) is 0.533. The second-order valence-corrected chi connectivity index (χ2v) is 4.88. The Balaban J connectivity index is 2.14. The van der Waals surface area contributed by atoms with Crippen LogP contribution in [0.4, 0.5) is 0 Å². The van der Waals surface area contributed by atoms with E-state index in [-0.39, 0.29) is 11.9 Å². The van der Waals surface area contributed by atoms with Crippen LogP contribution in [0.5, 0.6) is 0 Å². The summed E-state index contributed by atoms with van der Waals surface area (Å²) in [6.45, 7) is 4.49. The lowest BCUT2D eigenvalue weighted by Gasteiger charge is -2.17. The highest BCUT2D eigenvalue weighted by Crippen LogP contribution is 2.02. The Bertz CT molecular complexity index is 367. The minimum absolute atomic E-state index is 0.0480. The highest BCUT2D eigenvalue weighted by Gasteiger charge is 2.09. The molecule has 106 valence electrons. The molecule has 0 spiro atoms. The van der Waals surface area contributed by atoms with Gasteiger partial charge in [0.1, 0.15) is 0 Å². The first-order valence-corrected chi connectivity index (χ1v) is 6.89. The number of amides is 1. The smallest absolute Gasteiger partial charge is 0.236 e. The van der Waals surface area contributed by atoms with Crippen molar-refractivity contribution in [1.29, 1.82) is 0 Å². The summed E-state index contributed by atoms with van der Waals surface area (Å²) < 4.78 is 0. The molecule has 0 aliphatic carbocycles. The van der Waals surface area contributed by atoms with Crippen LogP contribution < -0.4 is 11.1 Å². The van der Waals surface area contributed by atoms with Gasteiger partial charge in [-0.1, -0.05) is 37.3 Å². The number of nitrogens with two attached hydrogens (primary N) is 1. The van der Waals surface area contributed by atoms with Gasteiger partial charge in [0.2, 0.25) is 5.91 Å². The molecule has 1 atom stereocenters. The molecule has 3 N–H and O–H groups in total. The molecular formula is C15H25N3O. The molecule has 0 heterocycles. The summed E-state index contributed by atoms with van der Waals surface area (Å²) in [5.74, 6) is -0.0480. The zero-order chi connectivity index (χ0) is 14.1. The van der Waals surface area contributed by atoms with Crippen LogP contribution in [-0.4, -0.2) is 37.0 Å². The van der Waals surface area contributed by atoms with Crippen LogP contribution in [0.3, 0.4) is 0 Å². The van der Waals surface area contributed by atoms with Crippen molar-refractivity contribution >= 4 is 5.91 Å². The first-order chi connectivity index (χ1) is 9.13. The van der Waals surface area contributed by atoms with Gasteiger partial charge in [0.05, 0.1) is 6.04 Å². The molecule has 0 saturated heterocycles. The van der Waals surface area contributed by atoms with Crippen LogP contribution in [0.25, 0.3) is 0 Å². The van der Waals surface area contributed by atoms with Gasteiger partial charge in [0.15, 0.2) is 0 Å². The van der Waals surface area contributed by atoms with E-state index in [4.69, 9.17) is 5.73 Å². The first-order valence-electron chi connectivity index (χ1n) is 6.89. The maximum absolute atomic E-state index is 11.5. The number of hydrogen-bond acceptors (Lipinski definition) is 3. The Morgan fingerprint density at radius 1 is 1.37 bits per heavy atom. The van der Waals surface area contributed by atoms with E-state index < -0.39 is 0 Å². The number of nitrogens with zero attached hydrogens (tertiary/aromatic N) is 1. The quantitative estimate of drug-likeness (QED) is 0.696. The van der Waals surface area contributed by atoms with Gasteiger partial charge in [-0.15, -0.1) is 0 Å². The van der Waals surface area contributed by atoms with Crippen molar-refractivity contribution < 1.29 is 4.79 Å². The van der Waals surface area contributed by atoms with Crippen LogP contribution in [0.2, 0.25) is 0 Å². The van der Waals surface area contributed by atoms with E-state index in [2.05, 4.69) is 41.5 Å². The SMILES string of the molecule is CCC(N)C(=O)NCCCN(C)Cc1ccccc1. The normalized spacial score (nSPS) is 12.4. The number of rotatable bonds is 8. The van der Waals surface area contributed by atoms with Crippen LogP contribution >= 0.6 is 0 Å². The molecular weight excluding hydrogens is 238 g/mol. The third-order valence-corrected chi connectivity index (χ3v) is 3.09. The Hall–Kier alpha value is -1.39. The van der Waals surface area contributed by atoms with Gasteiger partial charge in [-0.3, -0.25) is 4.79 Å². The molecule has 4 heteroatoms. The van der Waals surface area contributed by atoms with Crippen LogP contribution in [0.1, 0.15) is 25.3 Å². The van der Waals surface area contributed by atoms with Gasteiger partial charge in [0.25, 0.3) is 0 Å². The predicted molar refractivity (Wildman–Crippen MR) is 78.7 cm³/mol. The molecule has 0 aromatic heterocycles. The molecule has 0 radical (unpaired) electrons. The third kappa shape index (κ3) is 6.36. The zero-order valence-electron chi connectivity index (χ0n) is 11.9. The second kappa shape index (κ2) is 8.67. The minimum Gasteiger partial charge on any atom is -0.355 e. The van der Waals surface area contributed by atoms with Gasteiger partial charge in [-0.2, -0.15) is 0 Å². The van der Waals surface area contributed by atoms with Crippen LogP contribution in [-0.2, 0) is 11.3 Å². The summed E-state index contributed by atoms with van der Waals surface area (Å²) >= 11 is 0. The summed E-state index contributed by atoms with van der Waals surface area (Å²) in [5.41, 5.74) is 6.95. The van der Waals surface area contributed by atoms with Crippen molar-refractivity contribution in [2.75, 3.05) is 20.1 Å². The molecule has 0 aliphatic heterocycles. The maximum atomic E-state index is 11.5. The highest BCUT2D eigenvalue weighted by atomic mass is 16.2. The van der Waals surface area contributed by atoms with E-state index in [0.29, 0.717) is 13.0 Å². The molecule has 1 unspecified atom stereocenters. The average Bonchev–Trinajstić information content (AvgIpc) is 2.43. The lowest BCUT2D eigenvalue weighted by Crippen LogP contribution is -2.40. The van der Waals surface area contributed by atoms with Crippen LogP contribution in [0.15, 0.2) is 30.3 Å². The lowest BCUT2D eigenvalue weighted by atomic mass is 10.2. The average molecular weight is 263 g/mol. The number of nitrogens with one attached hydrogen (secondary N) is 1. The molecule has 1 aromatic rings. The van der Waals surface area contributed by atoms with E-state index >= 15 is 0 Å². The van der Waals surface area contributed by atoms with E-state index in [0.717, 1.165) is 19.5 Å². The van der Waals surface area contributed by atoms with E-state index in [1.807, 2.05) is 13.0 Å². The van der Waals surface area contributed by atoms with Gasteiger partial charge in [-0.25, -0.2) is 0 Å². The van der Waals surface area contributed by atoms with Crippen molar-refractivity contribution in [3.05, 3.63) is 35.9 Å². The summed E-state index contributed by atoms with van der Waals surface area (Å²) in [5, 5.41) is 2.86. The maximum Gasteiger partial charge on any atom is 0.236 e. The van der Waals surface area contributed by atoms with Crippen molar-refractivity contribution in [3.63, 3.8) is 0 Å². The van der Waals surface area contributed by atoms with Crippen molar-refractivity contribution in [1.82, 2.24) is 10.2 Å². The van der Waals surface area contributed by atoms with Gasteiger partial charge < -0.3 is 16.0 Å². The Morgan fingerprint density at radius 2 is 2.05 bits per heavy atom. The fourth-order valence-electron chi connectivity index (χ4n) is 1.85. The summed E-state index contributed by atoms with van der Waals surface area (Å²) in [6.07, 6.45) is 1.62. The molecule has 0 fully saturated rings. The van der Waals surface area contributed by atoms with Crippen molar-refractivity contribution in [2.45, 2.75) is 32.4 Å². The molecule has 1 rings (SSSR count).